The first-order valence-corrected chi connectivity index (χ1v) is 6.83. The van der Waals surface area contributed by atoms with Crippen LogP contribution in [0, 0.1) is 0 Å². The van der Waals surface area contributed by atoms with Crippen LogP contribution in [0.4, 0.5) is 5.82 Å². The van der Waals surface area contributed by atoms with Gasteiger partial charge in [0, 0.05) is 32.0 Å². The van der Waals surface area contributed by atoms with Crippen LogP contribution in [0.2, 0.25) is 0 Å². The predicted octanol–water partition coefficient (Wildman–Crippen LogP) is 0.245. The maximum atomic E-state index is 5.60. The van der Waals surface area contributed by atoms with Crippen molar-refractivity contribution in [3.05, 3.63) is 18.1 Å². The summed E-state index contributed by atoms with van der Waals surface area (Å²) >= 11 is 4.94. The molecule has 1 aromatic rings. The molecule has 2 heterocycles. The van der Waals surface area contributed by atoms with Crippen molar-refractivity contribution in [3.63, 3.8) is 0 Å². The van der Waals surface area contributed by atoms with Crippen molar-refractivity contribution in [2.24, 2.45) is 5.73 Å². The van der Waals surface area contributed by atoms with E-state index in [-0.39, 0.29) is 4.99 Å². The van der Waals surface area contributed by atoms with Crippen molar-refractivity contribution >= 4 is 23.0 Å². The Balaban J connectivity index is 1.74. The van der Waals surface area contributed by atoms with E-state index in [9.17, 15) is 0 Å². The lowest BCUT2D eigenvalue weighted by molar-refractivity contribution is 0.0378. The molecule has 1 fully saturated rings. The van der Waals surface area contributed by atoms with Crippen LogP contribution in [0.1, 0.15) is 12.1 Å². The number of morpholine rings is 1. The summed E-state index contributed by atoms with van der Waals surface area (Å²) in [5.41, 5.74) is 6.16. The summed E-state index contributed by atoms with van der Waals surface area (Å²) in [5.74, 6) is 0.664. The van der Waals surface area contributed by atoms with Crippen molar-refractivity contribution in [2.75, 3.05) is 44.7 Å². The molecular formula is C12H19N5OS. The average Bonchev–Trinajstić information content (AvgIpc) is 2.45. The van der Waals surface area contributed by atoms with Gasteiger partial charge in [0.05, 0.1) is 13.2 Å². The van der Waals surface area contributed by atoms with Gasteiger partial charge in [-0.2, -0.15) is 0 Å². The predicted molar refractivity (Wildman–Crippen MR) is 78.3 cm³/mol. The molecule has 0 saturated carbocycles. The Morgan fingerprint density at radius 2 is 2.11 bits per heavy atom. The number of nitrogens with zero attached hydrogens (tertiary/aromatic N) is 3. The van der Waals surface area contributed by atoms with E-state index < -0.39 is 0 Å². The van der Waals surface area contributed by atoms with Gasteiger partial charge in [-0.3, -0.25) is 4.90 Å². The zero-order valence-electron chi connectivity index (χ0n) is 10.8. The number of rotatable bonds is 6. The van der Waals surface area contributed by atoms with Gasteiger partial charge in [0.15, 0.2) is 5.82 Å². The second-order valence-electron chi connectivity index (χ2n) is 4.35. The SMILES string of the molecule is NC(=S)c1nccnc1NCCCN1CCOCC1. The van der Waals surface area contributed by atoms with E-state index in [1.807, 2.05) is 0 Å². The Bertz CT molecular complexity index is 422. The van der Waals surface area contributed by atoms with Gasteiger partial charge in [-0.25, -0.2) is 9.97 Å². The smallest absolute Gasteiger partial charge is 0.155 e. The monoisotopic (exact) mass is 281 g/mol. The van der Waals surface area contributed by atoms with Crippen molar-refractivity contribution < 1.29 is 4.74 Å². The van der Waals surface area contributed by atoms with Crippen LogP contribution in [-0.4, -0.2) is 59.2 Å². The lowest BCUT2D eigenvalue weighted by Crippen LogP contribution is -2.37. The highest BCUT2D eigenvalue weighted by molar-refractivity contribution is 7.80. The van der Waals surface area contributed by atoms with E-state index in [0.717, 1.165) is 45.8 Å². The van der Waals surface area contributed by atoms with E-state index >= 15 is 0 Å². The molecule has 0 amide bonds. The van der Waals surface area contributed by atoms with E-state index in [1.54, 1.807) is 12.4 Å². The molecule has 0 aliphatic carbocycles. The molecule has 2 rings (SSSR count). The molecule has 1 saturated heterocycles. The number of nitrogens with one attached hydrogen (secondary N) is 1. The van der Waals surface area contributed by atoms with Gasteiger partial charge in [0.2, 0.25) is 0 Å². The van der Waals surface area contributed by atoms with Crippen molar-refractivity contribution in [1.29, 1.82) is 0 Å². The molecule has 6 nitrogen and oxygen atoms in total. The number of nitrogens with two attached hydrogens (primary N) is 1. The summed E-state index contributed by atoms with van der Waals surface area (Å²) in [6.45, 7) is 5.59. The maximum Gasteiger partial charge on any atom is 0.155 e. The quantitative estimate of drug-likeness (QED) is 0.571. The Hall–Kier alpha value is -1.31. The maximum absolute atomic E-state index is 5.60. The van der Waals surface area contributed by atoms with Crippen molar-refractivity contribution in [2.45, 2.75) is 6.42 Å². The molecule has 0 atom stereocenters. The Morgan fingerprint density at radius 3 is 2.84 bits per heavy atom. The summed E-state index contributed by atoms with van der Waals surface area (Å²) in [6, 6.07) is 0. The lowest BCUT2D eigenvalue weighted by Gasteiger charge is -2.26. The summed E-state index contributed by atoms with van der Waals surface area (Å²) in [6.07, 6.45) is 4.26. The Kier molecular flexibility index (Phi) is 5.44. The molecule has 0 spiro atoms. The topological polar surface area (TPSA) is 76.3 Å². The molecule has 104 valence electrons. The second kappa shape index (κ2) is 7.32. The van der Waals surface area contributed by atoms with Crippen molar-refractivity contribution in [3.8, 4) is 0 Å². The van der Waals surface area contributed by atoms with E-state index in [2.05, 4.69) is 20.2 Å². The van der Waals surface area contributed by atoms with Crippen LogP contribution < -0.4 is 11.1 Å². The van der Waals surface area contributed by atoms with Gasteiger partial charge in [-0.05, 0) is 13.0 Å². The number of hydrogen-bond acceptors (Lipinski definition) is 6. The third kappa shape index (κ3) is 4.38. The highest BCUT2D eigenvalue weighted by Crippen LogP contribution is 2.08. The largest absolute Gasteiger partial charge is 0.388 e. The minimum atomic E-state index is 0.267. The highest BCUT2D eigenvalue weighted by atomic mass is 32.1. The van der Waals surface area contributed by atoms with Gasteiger partial charge in [0.25, 0.3) is 0 Å². The molecule has 1 aromatic heterocycles. The fraction of sp³-hybridized carbons (Fsp3) is 0.583. The van der Waals surface area contributed by atoms with E-state index in [1.165, 1.54) is 0 Å². The Labute approximate surface area is 118 Å². The second-order valence-corrected chi connectivity index (χ2v) is 4.79. The van der Waals surface area contributed by atoms with Crippen molar-refractivity contribution in [1.82, 2.24) is 14.9 Å². The number of anilines is 1. The first-order chi connectivity index (χ1) is 9.27. The molecule has 0 unspecified atom stereocenters. The Morgan fingerprint density at radius 1 is 1.37 bits per heavy atom. The third-order valence-corrected chi connectivity index (χ3v) is 3.17. The fourth-order valence-corrected chi connectivity index (χ4v) is 2.13. The molecule has 1 aliphatic heterocycles. The molecule has 7 heteroatoms. The number of aromatic nitrogens is 2. The normalized spacial score (nSPS) is 16.2. The zero-order chi connectivity index (χ0) is 13.5. The summed E-state index contributed by atoms with van der Waals surface area (Å²) in [5, 5.41) is 3.24. The van der Waals surface area contributed by atoms with Crippen LogP contribution in [0.3, 0.4) is 0 Å². The van der Waals surface area contributed by atoms with Gasteiger partial charge in [-0.1, -0.05) is 12.2 Å². The zero-order valence-corrected chi connectivity index (χ0v) is 11.7. The van der Waals surface area contributed by atoms with Crippen LogP contribution in [0.15, 0.2) is 12.4 Å². The minimum Gasteiger partial charge on any atom is -0.388 e. The minimum absolute atomic E-state index is 0.267. The summed E-state index contributed by atoms with van der Waals surface area (Å²) in [7, 11) is 0. The van der Waals surface area contributed by atoms with Crippen LogP contribution in [0.25, 0.3) is 0 Å². The molecule has 1 aliphatic rings. The molecule has 0 radical (unpaired) electrons. The van der Waals surface area contributed by atoms with Gasteiger partial charge in [0.1, 0.15) is 10.7 Å². The van der Waals surface area contributed by atoms with Gasteiger partial charge >= 0.3 is 0 Å². The molecular weight excluding hydrogens is 262 g/mol. The number of thiocarbonyl (C=S) groups is 1. The van der Waals surface area contributed by atoms with Gasteiger partial charge < -0.3 is 15.8 Å². The lowest BCUT2D eigenvalue weighted by atomic mass is 10.3. The first kappa shape index (κ1) is 14.1. The number of hydrogen-bond donors (Lipinski definition) is 2. The molecule has 0 bridgehead atoms. The van der Waals surface area contributed by atoms with E-state index in [4.69, 9.17) is 22.7 Å². The number of ether oxygens (including phenoxy) is 1. The van der Waals surface area contributed by atoms with Crippen LogP contribution in [-0.2, 0) is 4.74 Å². The summed E-state index contributed by atoms with van der Waals surface area (Å²) in [4.78, 5) is 11.0. The average molecular weight is 281 g/mol. The fourth-order valence-electron chi connectivity index (χ4n) is 1.98. The molecule has 19 heavy (non-hydrogen) atoms. The molecule has 3 N–H and O–H groups in total. The standard InChI is InChI=1S/C12H19N5OS/c13-11(19)10-12(16-4-3-14-10)15-2-1-5-17-6-8-18-9-7-17/h3-4H,1-2,5-9H2,(H2,13,19)(H,15,16). The van der Waals surface area contributed by atoms with Gasteiger partial charge in [-0.15, -0.1) is 0 Å². The third-order valence-electron chi connectivity index (χ3n) is 2.98. The van der Waals surface area contributed by atoms with Crippen LogP contribution >= 0.6 is 12.2 Å². The van der Waals surface area contributed by atoms with E-state index in [0.29, 0.717) is 11.5 Å². The van der Waals surface area contributed by atoms with Crippen LogP contribution in [0.5, 0.6) is 0 Å². The highest BCUT2D eigenvalue weighted by Gasteiger charge is 2.10. The molecule has 0 aromatic carbocycles. The summed E-state index contributed by atoms with van der Waals surface area (Å²) < 4.78 is 5.31. The first-order valence-electron chi connectivity index (χ1n) is 6.42.